The van der Waals surface area contributed by atoms with Gasteiger partial charge in [-0.3, -0.25) is 0 Å². The molecule has 0 saturated carbocycles. The molecule has 0 fully saturated rings. The van der Waals surface area contributed by atoms with Crippen molar-refractivity contribution in [1.29, 1.82) is 0 Å². The third kappa shape index (κ3) is 2.39. The highest BCUT2D eigenvalue weighted by atomic mass is 16.3. The molecule has 1 heterocycles. The summed E-state index contributed by atoms with van der Waals surface area (Å²) >= 11 is 0. The Balaban J connectivity index is 1.82. The van der Waals surface area contributed by atoms with Gasteiger partial charge in [-0.15, -0.1) is 0 Å². The van der Waals surface area contributed by atoms with Crippen LogP contribution in [0.3, 0.4) is 0 Å². The van der Waals surface area contributed by atoms with Crippen LogP contribution in [-0.2, 0) is 5.41 Å². The molecular weight excluding hydrogens is 322 g/mol. The van der Waals surface area contributed by atoms with Crippen LogP contribution in [-0.4, -0.2) is 27.5 Å². The van der Waals surface area contributed by atoms with Gasteiger partial charge < -0.3 is 10.2 Å². The first kappa shape index (κ1) is 16.4. The molecule has 0 bridgehead atoms. The Hall–Kier alpha value is -3.07. The first-order chi connectivity index (χ1) is 12.4. The lowest BCUT2D eigenvalue weighted by molar-refractivity contribution is -0.401. The molecule has 0 aliphatic carbocycles. The summed E-state index contributed by atoms with van der Waals surface area (Å²) in [5, 5.41) is 21.7. The van der Waals surface area contributed by atoms with Gasteiger partial charge in [0.05, 0.1) is 5.41 Å². The Labute approximate surface area is 153 Å². The summed E-state index contributed by atoms with van der Waals surface area (Å²) in [6, 6.07) is 17.7. The summed E-state index contributed by atoms with van der Waals surface area (Å²) in [5.74, 6) is -0.211. The Morgan fingerprint density at radius 3 is 2.42 bits per heavy atom. The predicted molar refractivity (Wildman–Crippen MR) is 107 cm³/mol. The number of hydrogen-bond donors (Lipinski definition) is 2. The van der Waals surface area contributed by atoms with E-state index in [-0.39, 0.29) is 16.9 Å². The van der Waals surface area contributed by atoms with Crippen LogP contribution < -0.4 is 0 Å². The van der Waals surface area contributed by atoms with E-state index in [1.54, 1.807) is 12.1 Å². The lowest BCUT2D eigenvalue weighted by Gasteiger charge is -2.17. The zero-order valence-electron chi connectivity index (χ0n) is 15.2. The van der Waals surface area contributed by atoms with Crippen LogP contribution >= 0.6 is 0 Å². The summed E-state index contributed by atoms with van der Waals surface area (Å²) in [6.07, 6.45) is 4.07. The van der Waals surface area contributed by atoms with Gasteiger partial charge in [0, 0.05) is 17.7 Å². The quantitative estimate of drug-likeness (QED) is 0.509. The van der Waals surface area contributed by atoms with Gasteiger partial charge in [-0.25, -0.2) is 0 Å². The fourth-order valence-electron chi connectivity index (χ4n) is 4.01. The lowest BCUT2D eigenvalue weighted by Crippen LogP contribution is -2.26. The van der Waals surface area contributed by atoms with Gasteiger partial charge in [-0.2, -0.15) is 4.58 Å². The molecule has 0 atom stereocenters. The van der Waals surface area contributed by atoms with Gasteiger partial charge >= 0.3 is 0 Å². The van der Waals surface area contributed by atoms with Gasteiger partial charge in [-0.05, 0) is 54.5 Å². The van der Waals surface area contributed by atoms with Crippen molar-refractivity contribution in [3.63, 3.8) is 0 Å². The first-order valence-corrected chi connectivity index (χ1v) is 8.73. The Kier molecular flexibility index (Phi) is 3.62. The minimum Gasteiger partial charge on any atom is -0.504 e. The van der Waals surface area contributed by atoms with Gasteiger partial charge in [0.15, 0.2) is 17.2 Å². The second-order valence-corrected chi connectivity index (χ2v) is 7.33. The second-order valence-electron chi connectivity index (χ2n) is 7.33. The lowest BCUT2D eigenvalue weighted by atomic mass is 9.79. The normalized spacial score (nSPS) is 15.8. The van der Waals surface area contributed by atoms with Crippen molar-refractivity contribution in [2.45, 2.75) is 19.3 Å². The van der Waals surface area contributed by atoms with Crippen molar-refractivity contribution in [3.05, 3.63) is 71.8 Å². The number of rotatable bonds is 2. The third-order valence-electron chi connectivity index (χ3n) is 5.33. The average Bonchev–Trinajstić information content (AvgIpc) is 2.82. The molecule has 0 aromatic heterocycles. The van der Waals surface area contributed by atoms with Gasteiger partial charge in [0.25, 0.3) is 0 Å². The molecule has 0 radical (unpaired) electrons. The van der Waals surface area contributed by atoms with E-state index in [1.165, 1.54) is 33.8 Å². The van der Waals surface area contributed by atoms with Crippen molar-refractivity contribution in [2.24, 2.45) is 0 Å². The number of nitrogens with zero attached hydrogens (tertiary/aromatic N) is 1. The van der Waals surface area contributed by atoms with Crippen molar-refractivity contribution in [2.75, 3.05) is 7.05 Å². The maximum atomic E-state index is 9.71. The number of hydrogen-bond acceptors (Lipinski definition) is 2. The van der Waals surface area contributed by atoms with Crippen LogP contribution in [0.15, 0.2) is 60.7 Å². The maximum absolute atomic E-state index is 9.71. The van der Waals surface area contributed by atoms with E-state index >= 15 is 0 Å². The molecule has 3 aromatic rings. The highest BCUT2D eigenvalue weighted by molar-refractivity contribution is 6.09. The number of phenols is 2. The van der Waals surface area contributed by atoms with Crippen molar-refractivity contribution >= 4 is 28.2 Å². The maximum Gasteiger partial charge on any atom is 0.210 e. The largest absolute Gasteiger partial charge is 0.504 e. The SMILES string of the molecule is C[N+]1=C(/C=C/c2ccc(O)c(O)c2)C(C)(C)c2c1ccc1ccccc21. The standard InChI is InChI=1S/C23H21NO2/c1-23(2)21(13-9-15-8-12-19(25)20(26)14-15)24(3)18-11-10-16-6-4-5-7-17(16)22(18)23/h4-14,26H,1-3H3/p+1. The summed E-state index contributed by atoms with van der Waals surface area (Å²) in [6.45, 7) is 4.49. The van der Waals surface area contributed by atoms with E-state index in [0.717, 1.165) is 5.56 Å². The van der Waals surface area contributed by atoms with E-state index in [4.69, 9.17) is 0 Å². The topological polar surface area (TPSA) is 43.5 Å². The molecule has 3 nitrogen and oxygen atoms in total. The number of aromatic hydroxyl groups is 2. The van der Waals surface area contributed by atoms with E-state index in [0.29, 0.717) is 0 Å². The molecule has 130 valence electrons. The summed E-state index contributed by atoms with van der Waals surface area (Å²) in [5.41, 5.74) is 4.46. The Morgan fingerprint density at radius 2 is 1.65 bits per heavy atom. The average molecular weight is 344 g/mol. The molecule has 1 aliphatic heterocycles. The number of phenolic OH excluding ortho intramolecular Hbond substituents is 2. The third-order valence-corrected chi connectivity index (χ3v) is 5.33. The minimum atomic E-state index is -0.138. The highest BCUT2D eigenvalue weighted by Gasteiger charge is 2.44. The molecule has 0 saturated heterocycles. The molecule has 0 amide bonds. The van der Waals surface area contributed by atoms with E-state index in [2.05, 4.69) is 67.9 Å². The van der Waals surface area contributed by atoms with E-state index < -0.39 is 0 Å². The number of benzene rings is 3. The molecule has 26 heavy (non-hydrogen) atoms. The predicted octanol–water partition coefficient (Wildman–Crippen LogP) is 4.97. The van der Waals surface area contributed by atoms with Crippen molar-refractivity contribution in [3.8, 4) is 11.5 Å². The molecule has 2 N–H and O–H groups in total. The molecule has 1 aliphatic rings. The van der Waals surface area contributed by atoms with Gasteiger partial charge in [0.1, 0.15) is 7.05 Å². The van der Waals surface area contributed by atoms with Crippen LogP contribution in [0.1, 0.15) is 25.0 Å². The molecule has 3 aromatic carbocycles. The molecule has 0 spiro atoms. The molecule has 0 unspecified atom stereocenters. The fraction of sp³-hybridized carbons (Fsp3) is 0.174. The minimum absolute atomic E-state index is 0.105. The zero-order chi connectivity index (χ0) is 18.5. The van der Waals surface area contributed by atoms with Crippen LogP contribution in [0.5, 0.6) is 11.5 Å². The Bertz CT molecular complexity index is 1090. The summed E-state index contributed by atoms with van der Waals surface area (Å²) in [7, 11) is 2.09. The fourth-order valence-corrected chi connectivity index (χ4v) is 4.01. The number of fused-ring (bicyclic) bond motifs is 3. The molecule has 4 rings (SSSR count). The van der Waals surface area contributed by atoms with Crippen LogP contribution in [0.25, 0.3) is 16.8 Å². The van der Waals surface area contributed by atoms with E-state index in [9.17, 15) is 10.2 Å². The zero-order valence-corrected chi connectivity index (χ0v) is 15.2. The van der Waals surface area contributed by atoms with Gasteiger partial charge in [-0.1, -0.05) is 30.3 Å². The first-order valence-electron chi connectivity index (χ1n) is 8.73. The smallest absolute Gasteiger partial charge is 0.210 e. The van der Waals surface area contributed by atoms with Crippen molar-refractivity contribution < 1.29 is 14.8 Å². The summed E-state index contributed by atoms with van der Waals surface area (Å²) in [4.78, 5) is 0. The van der Waals surface area contributed by atoms with Crippen LogP contribution in [0.2, 0.25) is 0 Å². The summed E-state index contributed by atoms with van der Waals surface area (Å²) < 4.78 is 2.23. The molecule has 3 heteroatoms. The van der Waals surface area contributed by atoms with Crippen LogP contribution in [0, 0.1) is 0 Å². The van der Waals surface area contributed by atoms with Gasteiger partial charge in [0.2, 0.25) is 5.69 Å². The number of allylic oxidation sites excluding steroid dienone is 1. The highest BCUT2D eigenvalue weighted by Crippen LogP contribution is 2.43. The van der Waals surface area contributed by atoms with Crippen molar-refractivity contribution in [1.82, 2.24) is 0 Å². The monoisotopic (exact) mass is 344 g/mol. The molecular formula is C23H22NO2+. The van der Waals surface area contributed by atoms with E-state index in [1.807, 2.05) is 6.08 Å². The van der Waals surface area contributed by atoms with Crippen LogP contribution in [0.4, 0.5) is 5.69 Å². The Morgan fingerprint density at radius 1 is 0.885 bits per heavy atom. The second kappa shape index (κ2) is 5.73.